The van der Waals surface area contributed by atoms with Crippen LogP contribution in [0.15, 0.2) is 22.7 Å². The van der Waals surface area contributed by atoms with E-state index in [9.17, 15) is 14.4 Å². The third-order valence-electron chi connectivity index (χ3n) is 2.38. The van der Waals surface area contributed by atoms with Crippen LogP contribution in [0.4, 0.5) is 0 Å². The number of esters is 1. The summed E-state index contributed by atoms with van der Waals surface area (Å²) < 4.78 is 4.88. The average Bonchev–Trinajstić information content (AvgIpc) is 2.40. The molecule has 0 bridgehead atoms. The lowest BCUT2D eigenvalue weighted by Gasteiger charge is -2.13. The van der Waals surface area contributed by atoms with Crippen LogP contribution < -0.4 is 5.32 Å². The van der Waals surface area contributed by atoms with Gasteiger partial charge in [0.05, 0.1) is 18.6 Å². The SMILES string of the molecule is COC(=O)C[C@H](NC(=O)c1ccc(Cl)c(Br)c1)C(=O)O. The molecule has 0 saturated carbocycles. The number of carbonyl (C=O) groups is 3. The topological polar surface area (TPSA) is 92.7 Å². The zero-order chi connectivity index (χ0) is 15.3. The Hall–Kier alpha value is -1.60. The summed E-state index contributed by atoms with van der Waals surface area (Å²) in [6, 6.07) is 3.04. The summed E-state index contributed by atoms with van der Waals surface area (Å²) in [6.45, 7) is 0. The molecule has 1 aromatic carbocycles. The molecule has 1 amide bonds. The second-order valence-electron chi connectivity index (χ2n) is 3.77. The van der Waals surface area contributed by atoms with Gasteiger partial charge in [-0.05, 0) is 34.1 Å². The van der Waals surface area contributed by atoms with Gasteiger partial charge in [0.1, 0.15) is 6.04 Å². The van der Waals surface area contributed by atoms with Crippen molar-refractivity contribution in [3.05, 3.63) is 33.3 Å². The van der Waals surface area contributed by atoms with E-state index in [1.807, 2.05) is 0 Å². The first-order valence-corrected chi connectivity index (χ1v) is 6.57. The highest BCUT2D eigenvalue weighted by Gasteiger charge is 2.24. The third-order valence-corrected chi connectivity index (χ3v) is 3.60. The zero-order valence-corrected chi connectivity index (χ0v) is 12.7. The number of carbonyl (C=O) groups excluding carboxylic acids is 2. The van der Waals surface area contributed by atoms with Crippen molar-refractivity contribution in [1.82, 2.24) is 5.32 Å². The number of hydrogen-bond acceptors (Lipinski definition) is 4. The number of ether oxygens (including phenoxy) is 1. The number of methoxy groups -OCH3 is 1. The van der Waals surface area contributed by atoms with Crippen molar-refractivity contribution in [2.24, 2.45) is 0 Å². The fourth-order valence-electron chi connectivity index (χ4n) is 1.33. The molecule has 1 rings (SSSR count). The van der Waals surface area contributed by atoms with Crippen LogP contribution in [0.2, 0.25) is 5.02 Å². The minimum absolute atomic E-state index is 0.220. The monoisotopic (exact) mass is 363 g/mol. The molecule has 8 heteroatoms. The van der Waals surface area contributed by atoms with E-state index >= 15 is 0 Å². The molecule has 0 unspecified atom stereocenters. The molecule has 0 saturated heterocycles. The number of rotatable bonds is 5. The maximum absolute atomic E-state index is 11.9. The van der Waals surface area contributed by atoms with Crippen LogP contribution in [0, 0.1) is 0 Å². The summed E-state index contributed by atoms with van der Waals surface area (Å²) in [5.74, 6) is -2.68. The number of benzene rings is 1. The van der Waals surface area contributed by atoms with E-state index in [0.29, 0.717) is 9.50 Å². The van der Waals surface area contributed by atoms with Gasteiger partial charge in [0.2, 0.25) is 0 Å². The summed E-state index contributed by atoms with van der Waals surface area (Å²) in [4.78, 5) is 34.0. The zero-order valence-electron chi connectivity index (χ0n) is 10.4. The third kappa shape index (κ3) is 4.50. The summed E-state index contributed by atoms with van der Waals surface area (Å²) in [5, 5.41) is 11.6. The molecule has 0 heterocycles. The molecule has 0 aliphatic carbocycles. The highest BCUT2D eigenvalue weighted by molar-refractivity contribution is 9.10. The minimum Gasteiger partial charge on any atom is -0.480 e. The molecule has 0 aliphatic rings. The van der Waals surface area contributed by atoms with E-state index in [0.717, 1.165) is 7.11 Å². The van der Waals surface area contributed by atoms with Crippen LogP contribution in [-0.4, -0.2) is 36.1 Å². The lowest BCUT2D eigenvalue weighted by molar-refractivity contribution is -0.147. The van der Waals surface area contributed by atoms with Gasteiger partial charge in [-0.1, -0.05) is 11.6 Å². The van der Waals surface area contributed by atoms with Crippen molar-refractivity contribution < 1.29 is 24.2 Å². The molecule has 20 heavy (non-hydrogen) atoms. The van der Waals surface area contributed by atoms with E-state index in [1.54, 1.807) is 0 Å². The van der Waals surface area contributed by atoms with Gasteiger partial charge >= 0.3 is 11.9 Å². The number of hydrogen-bond donors (Lipinski definition) is 2. The second kappa shape index (κ2) is 7.25. The second-order valence-corrected chi connectivity index (χ2v) is 5.03. The number of halogens is 2. The van der Waals surface area contributed by atoms with Crippen molar-refractivity contribution in [2.45, 2.75) is 12.5 Å². The first kappa shape index (κ1) is 16.5. The quantitative estimate of drug-likeness (QED) is 0.778. The van der Waals surface area contributed by atoms with Crippen LogP contribution in [0.1, 0.15) is 16.8 Å². The number of aliphatic carboxylic acids is 1. The summed E-state index contributed by atoms with van der Waals surface area (Å²) >= 11 is 8.95. The minimum atomic E-state index is -1.36. The highest BCUT2D eigenvalue weighted by atomic mass is 79.9. The Balaban J connectivity index is 2.82. The number of amides is 1. The summed E-state index contributed by atoms with van der Waals surface area (Å²) in [5.41, 5.74) is 0.220. The van der Waals surface area contributed by atoms with Gasteiger partial charge in [-0.15, -0.1) is 0 Å². The predicted molar refractivity (Wildman–Crippen MR) is 74.7 cm³/mol. The Bertz CT molecular complexity index is 549. The van der Waals surface area contributed by atoms with Crippen LogP contribution in [-0.2, 0) is 14.3 Å². The average molecular weight is 365 g/mol. The van der Waals surface area contributed by atoms with E-state index in [2.05, 4.69) is 26.0 Å². The summed E-state index contributed by atoms with van der Waals surface area (Å²) in [6.07, 6.45) is -0.452. The van der Waals surface area contributed by atoms with Crippen molar-refractivity contribution in [3.8, 4) is 0 Å². The molecule has 0 spiro atoms. The molecule has 108 valence electrons. The van der Waals surface area contributed by atoms with E-state index < -0.39 is 30.3 Å². The van der Waals surface area contributed by atoms with E-state index in [1.165, 1.54) is 18.2 Å². The molecule has 0 aromatic heterocycles. The number of nitrogens with one attached hydrogen (secondary N) is 1. The maximum Gasteiger partial charge on any atom is 0.326 e. The maximum atomic E-state index is 11.9. The Morgan fingerprint density at radius 2 is 2.10 bits per heavy atom. The lowest BCUT2D eigenvalue weighted by Crippen LogP contribution is -2.42. The highest BCUT2D eigenvalue weighted by Crippen LogP contribution is 2.23. The molecule has 6 nitrogen and oxygen atoms in total. The van der Waals surface area contributed by atoms with Gasteiger partial charge in [-0.3, -0.25) is 9.59 Å². The van der Waals surface area contributed by atoms with Gasteiger partial charge in [0.15, 0.2) is 0 Å². The Morgan fingerprint density at radius 3 is 2.60 bits per heavy atom. The van der Waals surface area contributed by atoms with Crippen LogP contribution in [0.25, 0.3) is 0 Å². The fraction of sp³-hybridized carbons (Fsp3) is 0.250. The van der Waals surface area contributed by atoms with Gasteiger partial charge in [-0.2, -0.15) is 0 Å². The fourth-order valence-corrected chi connectivity index (χ4v) is 1.83. The number of carboxylic acid groups (broad SMARTS) is 1. The molecule has 0 fully saturated rings. The summed E-state index contributed by atoms with van der Waals surface area (Å²) in [7, 11) is 1.14. The van der Waals surface area contributed by atoms with E-state index in [-0.39, 0.29) is 5.56 Å². The van der Waals surface area contributed by atoms with Crippen LogP contribution in [0.3, 0.4) is 0 Å². The first-order chi connectivity index (χ1) is 9.35. The Kier molecular flexibility index (Phi) is 5.97. The molecule has 1 atom stereocenters. The van der Waals surface area contributed by atoms with Gasteiger partial charge in [0.25, 0.3) is 5.91 Å². The first-order valence-electron chi connectivity index (χ1n) is 5.40. The molecule has 0 aliphatic heterocycles. The largest absolute Gasteiger partial charge is 0.480 e. The molecular weight excluding hydrogens is 353 g/mol. The molecular formula is C12H11BrClNO5. The van der Waals surface area contributed by atoms with Gasteiger partial charge in [-0.25, -0.2) is 4.79 Å². The smallest absolute Gasteiger partial charge is 0.326 e. The predicted octanol–water partition coefficient (Wildman–Crippen LogP) is 1.85. The molecule has 2 N–H and O–H groups in total. The van der Waals surface area contributed by atoms with E-state index in [4.69, 9.17) is 16.7 Å². The van der Waals surface area contributed by atoms with Crippen molar-refractivity contribution in [3.63, 3.8) is 0 Å². The number of carboxylic acids is 1. The van der Waals surface area contributed by atoms with Gasteiger partial charge < -0.3 is 15.2 Å². The normalized spacial score (nSPS) is 11.6. The lowest BCUT2D eigenvalue weighted by atomic mass is 10.1. The van der Waals surface area contributed by atoms with Crippen LogP contribution in [0.5, 0.6) is 0 Å². The van der Waals surface area contributed by atoms with Crippen molar-refractivity contribution in [2.75, 3.05) is 7.11 Å². The van der Waals surface area contributed by atoms with Crippen molar-refractivity contribution >= 4 is 45.4 Å². The Morgan fingerprint density at radius 1 is 1.45 bits per heavy atom. The molecule has 0 radical (unpaired) electrons. The van der Waals surface area contributed by atoms with Crippen molar-refractivity contribution in [1.29, 1.82) is 0 Å². The standard InChI is InChI=1S/C12H11BrClNO5/c1-20-10(16)5-9(12(18)19)15-11(17)6-2-3-8(14)7(13)4-6/h2-4,9H,5H2,1H3,(H,15,17)(H,18,19)/t9-/m0/s1. The molecule has 1 aromatic rings. The van der Waals surface area contributed by atoms with Gasteiger partial charge in [0, 0.05) is 10.0 Å². The van der Waals surface area contributed by atoms with Crippen LogP contribution >= 0.6 is 27.5 Å². The Labute approximate surface area is 128 Å².